The molecule has 0 fully saturated rings. The first-order chi connectivity index (χ1) is 15.0. The molecule has 1 atom stereocenters. The van der Waals surface area contributed by atoms with Gasteiger partial charge in [-0.25, -0.2) is 0 Å². The van der Waals surface area contributed by atoms with Crippen LogP contribution in [0, 0.1) is 0 Å². The van der Waals surface area contributed by atoms with Crippen LogP contribution < -0.4 is 10.1 Å². The number of ether oxygens (including phenoxy) is 1. The van der Waals surface area contributed by atoms with Crippen LogP contribution >= 0.6 is 11.8 Å². The number of amides is 1. The van der Waals surface area contributed by atoms with Crippen LogP contribution in [0.2, 0.25) is 0 Å². The van der Waals surface area contributed by atoms with Crippen molar-refractivity contribution in [2.75, 3.05) is 5.75 Å². The summed E-state index contributed by atoms with van der Waals surface area (Å²) in [5, 5.41) is 12.3. The van der Waals surface area contributed by atoms with Gasteiger partial charge in [-0.2, -0.15) is 0 Å². The maximum absolute atomic E-state index is 12.2. The Morgan fingerprint density at radius 1 is 1.06 bits per heavy atom. The molecule has 3 rings (SSSR count). The molecule has 1 unspecified atom stereocenters. The van der Waals surface area contributed by atoms with Crippen LogP contribution in [0.15, 0.2) is 59.8 Å². The van der Waals surface area contributed by atoms with Gasteiger partial charge in [0.15, 0.2) is 17.1 Å². The molecule has 2 aromatic carbocycles. The topological polar surface area (TPSA) is 69.0 Å². The standard InChI is InChI=1S/C24H30N4O2S/c1-5-28-23(18(4)30-21-13-11-20(12-14-21)17(2)3)26-27-24(28)31-16-22(29)25-15-19-9-7-6-8-10-19/h6-14,17-18H,5,15-16H2,1-4H3,(H,25,29). The summed E-state index contributed by atoms with van der Waals surface area (Å²) >= 11 is 1.39. The lowest BCUT2D eigenvalue weighted by Crippen LogP contribution is -2.24. The Hall–Kier alpha value is -2.80. The van der Waals surface area contributed by atoms with Crippen molar-refractivity contribution in [3.63, 3.8) is 0 Å². The molecule has 0 saturated heterocycles. The molecule has 164 valence electrons. The number of hydrogen-bond acceptors (Lipinski definition) is 5. The highest BCUT2D eigenvalue weighted by atomic mass is 32.2. The summed E-state index contributed by atoms with van der Waals surface area (Å²) in [6, 6.07) is 18.0. The minimum Gasteiger partial charge on any atom is -0.483 e. The minimum absolute atomic E-state index is 0.0319. The molecule has 6 nitrogen and oxygen atoms in total. The van der Waals surface area contributed by atoms with E-state index in [1.807, 2.05) is 60.9 Å². The van der Waals surface area contributed by atoms with Crippen LogP contribution in [0.25, 0.3) is 0 Å². The largest absolute Gasteiger partial charge is 0.483 e. The zero-order valence-corrected chi connectivity index (χ0v) is 19.4. The van der Waals surface area contributed by atoms with E-state index in [2.05, 4.69) is 41.5 Å². The number of nitrogens with one attached hydrogen (secondary N) is 1. The van der Waals surface area contributed by atoms with Gasteiger partial charge in [-0.1, -0.05) is 68.1 Å². The third kappa shape index (κ3) is 6.34. The number of rotatable bonds is 10. The lowest BCUT2D eigenvalue weighted by molar-refractivity contribution is -0.118. The van der Waals surface area contributed by atoms with Crippen molar-refractivity contribution in [2.45, 2.75) is 58.0 Å². The highest BCUT2D eigenvalue weighted by Gasteiger charge is 2.19. The highest BCUT2D eigenvalue weighted by molar-refractivity contribution is 7.99. The number of carbonyl (C=O) groups is 1. The van der Waals surface area contributed by atoms with E-state index in [9.17, 15) is 4.79 Å². The SMILES string of the molecule is CCn1c(SCC(=O)NCc2ccccc2)nnc1C(C)Oc1ccc(C(C)C)cc1. The molecule has 1 heterocycles. The molecular formula is C24H30N4O2S. The lowest BCUT2D eigenvalue weighted by atomic mass is 10.0. The molecule has 0 aliphatic heterocycles. The molecule has 0 aliphatic rings. The van der Waals surface area contributed by atoms with Crippen molar-refractivity contribution >= 4 is 17.7 Å². The molecule has 0 bridgehead atoms. The number of benzene rings is 2. The van der Waals surface area contributed by atoms with Crippen LogP contribution in [0.5, 0.6) is 5.75 Å². The van der Waals surface area contributed by atoms with E-state index in [0.717, 1.165) is 22.3 Å². The van der Waals surface area contributed by atoms with Gasteiger partial charge < -0.3 is 14.6 Å². The Morgan fingerprint density at radius 2 is 1.77 bits per heavy atom. The van der Waals surface area contributed by atoms with Crippen molar-refractivity contribution in [3.05, 3.63) is 71.5 Å². The molecule has 1 amide bonds. The van der Waals surface area contributed by atoms with Gasteiger partial charge >= 0.3 is 0 Å². The molecule has 1 aromatic heterocycles. The molecular weight excluding hydrogens is 408 g/mol. The third-order valence-corrected chi connectivity index (χ3v) is 5.92. The number of thioether (sulfide) groups is 1. The lowest BCUT2D eigenvalue weighted by Gasteiger charge is -2.16. The van der Waals surface area contributed by atoms with Crippen LogP contribution in [0.4, 0.5) is 0 Å². The molecule has 7 heteroatoms. The smallest absolute Gasteiger partial charge is 0.230 e. The van der Waals surface area contributed by atoms with Crippen molar-refractivity contribution in [3.8, 4) is 5.75 Å². The van der Waals surface area contributed by atoms with Gasteiger partial charge in [-0.15, -0.1) is 10.2 Å². The second-order valence-electron chi connectivity index (χ2n) is 7.62. The summed E-state index contributed by atoms with van der Waals surface area (Å²) < 4.78 is 8.09. The highest BCUT2D eigenvalue weighted by Crippen LogP contribution is 2.26. The molecule has 0 aliphatic carbocycles. The van der Waals surface area contributed by atoms with Crippen molar-refractivity contribution in [2.24, 2.45) is 0 Å². The summed E-state index contributed by atoms with van der Waals surface area (Å²) in [6.45, 7) is 9.57. The fourth-order valence-electron chi connectivity index (χ4n) is 3.17. The van der Waals surface area contributed by atoms with Gasteiger partial charge in [-0.3, -0.25) is 4.79 Å². The quantitative estimate of drug-likeness (QED) is 0.453. The maximum atomic E-state index is 12.2. The van der Waals surface area contributed by atoms with Crippen molar-refractivity contribution in [1.29, 1.82) is 0 Å². The second kappa shape index (κ2) is 11.0. The first-order valence-corrected chi connectivity index (χ1v) is 11.6. The van der Waals surface area contributed by atoms with E-state index in [1.165, 1.54) is 17.3 Å². The van der Waals surface area contributed by atoms with E-state index >= 15 is 0 Å². The Labute approximate surface area is 188 Å². The van der Waals surface area contributed by atoms with Gasteiger partial charge in [0.1, 0.15) is 5.75 Å². The molecule has 31 heavy (non-hydrogen) atoms. The van der Waals surface area contributed by atoms with Crippen LogP contribution in [-0.2, 0) is 17.9 Å². The van der Waals surface area contributed by atoms with Crippen LogP contribution in [0.1, 0.15) is 56.7 Å². The van der Waals surface area contributed by atoms with Gasteiger partial charge in [0.05, 0.1) is 5.75 Å². The Kier molecular flexibility index (Phi) is 8.12. The van der Waals surface area contributed by atoms with Crippen molar-refractivity contribution < 1.29 is 9.53 Å². The van der Waals surface area contributed by atoms with E-state index in [4.69, 9.17) is 4.74 Å². The zero-order valence-electron chi connectivity index (χ0n) is 18.5. The van der Waals surface area contributed by atoms with Crippen molar-refractivity contribution in [1.82, 2.24) is 20.1 Å². The average Bonchev–Trinajstić information content (AvgIpc) is 3.20. The normalized spacial score (nSPS) is 12.0. The number of aromatic nitrogens is 3. The average molecular weight is 439 g/mol. The predicted octanol–water partition coefficient (Wildman–Crippen LogP) is 4.97. The fraction of sp³-hybridized carbons (Fsp3) is 0.375. The van der Waals surface area contributed by atoms with E-state index in [1.54, 1.807) is 0 Å². The minimum atomic E-state index is -0.251. The summed E-state index contributed by atoms with van der Waals surface area (Å²) in [7, 11) is 0. The third-order valence-electron chi connectivity index (χ3n) is 4.95. The molecule has 0 radical (unpaired) electrons. The van der Waals surface area contributed by atoms with Crippen LogP contribution in [0.3, 0.4) is 0 Å². The van der Waals surface area contributed by atoms with Gasteiger partial charge in [0.25, 0.3) is 0 Å². The molecule has 1 N–H and O–H groups in total. The maximum Gasteiger partial charge on any atom is 0.230 e. The first-order valence-electron chi connectivity index (χ1n) is 10.6. The number of hydrogen-bond donors (Lipinski definition) is 1. The number of carbonyl (C=O) groups excluding carboxylic acids is 1. The zero-order chi connectivity index (χ0) is 22.2. The Morgan fingerprint density at radius 3 is 2.42 bits per heavy atom. The van der Waals surface area contributed by atoms with E-state index in [-0.39, 0.29) is 17.8 Å². The fourth-order valence-corrected chi connectivity index (χ4v) is 4.01. The molecule has 0 spiro atoms. The first kappa shape index (κ1) is 22.9. The second-order valence-corrected chi connectivity index (χ2v) is 8.56. The summed E-state index contributed by atoms with van der Waals surface area (Å²) in [6.07, 6.45) is -0.251. The summed E-state index contributed by atoms with van der Waals surface area (Å²) in [4.78, 5) is 12.2. The van der Waals surface area contributed by atoms with Gasteiger partial charge in [-0.05, 0) is 43.0 Å². The van der Waals surface area contributed by atoms with Gasteiger partial charge in [0.2, 0.25) is 5.91 Å². The Bertz CT molecular complexity index is 971. The summed E-state index contributed by atoms with van der Waals surface area (Å²) in [5.74, 6) is 2.30. The monoisotopic (exact) mass is 438 g/mol. The van der Waals surface area contributed by atoms with Gasteiger partial charge in [0, 0.05) is 13.1 Å². The molecule has 3 aromatic rings. The predicted molar refractivity (Wildman–Crippen MR) is 124 cm³/mol. The summed E-state index contributed by atoms with van der Waals surface area (Å²) in [5.41, 5.74) is 2.35. The van der Waals surface area contributed by atoms with E-state index < -0.39 is 0 Å². The Balaban J connectivity index is 1.57. The van der Waals surface area contributed by atoms with E-state index in [0.29, 0.717) is 19.0 Å². The van der Waals surface area contributed by atoms with Crippen LogP contribution in [-0.4, -0.2) is 26.4 Å². The number of nitrogens with zero attached hydrogens (tertiary/aromatic N) is 3. The molecule has 0 saturated carbocycles.